The zero-order valence-corrected chi connectivity index (χ0v) is 11.5. The average molecular weight is 270 g/mol. The maximum absolute atomic E-state index is 11.6. The van der Waals surface area contributed by atoms with Gasteiger partial charge in [-0.15, -0.1) is 0 Å². The number of amides is 1. The summed E-state index contributed by atoms with van der Waals surface area (Å²) in [6, 6.07) is 12.3. The molecule has 0 saturated carbocycles. The third-order valence-corrected chi connectivity index (χ3v) is 3.94. The van der Waals surface area contributed by atoms with Crippen molar-refractivity contribution in [2.75, 3.05) is 5.32 Å². The van der Waals surface area contributed by atoms with Gasteiger partial charge in [-0.3, -0.25) is 4.79 Å². The maximum Gasteiger partial charge on any atom is 0.226 e. The van der Waals surface area contributed by atoms with E-state index in [0.29, 0.717) is 11.6 Å². The number of anilines is 1. The predicted octanol–water partition coefficient (Wildman–Crippen LogP) is 4.19. The van der Waals surface area contributed by atoms with Gasteiger partial charge >= 0.3 is 0 Å². The van der Waals surface area contributed by atoms with Crippen LogP contribution >= 0.6 is 11.3 Å². The first kappa shape index (κ1) is 12.1. The summed E-state index contributed by atoms with van der Waals surface area (Å²) < 4.78 is 1.10. The second-order valence-corrected chi connectivity index (χ2v) is 5.48. The highest BCUT2D eigenvalue weighted by atomic mass is 32.1. The zero-order valence-electron chi connectivity index (χ0n) is 10.6. The Kier molecular flexibility index (Phi) is 3.17. The van der Waals surface area contributed by atoms with Gasteiger partial charge in [-0.2, -0.15) is 0 Å². The fourth-order valence-corrected chi connectivity index (χ4v) is 3.02. The van der Waals surface area contributed by atoms with Gasteiger partial charge < -0.3 is 5.32 Å². The van der Waals surface area contributed by atoms with E-state index in [1.54, 1.807) is 0 Å². The van der Waals surface area contributed by atoms with Crippen LogP contribution in [0.25, 0.3) is 21.0 Å². The third kappa shape index (κ3) is 2.31. The van der Waals surface area contributed by atoms with Crippen molar-refractivity contribution in [1.82, 2.24) is 4.98 Å². The molecule has 1 aromatic heterocycles. The Balaban J connectivity index is 2.05. The van der Waals surface area contributed by atoms with Crippen LogP contribution in [0.1, 0.15) is 19.8 Å². The van der Waals surface area contributed by atoms with Crippen LogP contribution in [0.5, 0.6) is 0 Å². The standard InChI is InChI=1S/C15H14N2OS/c1-2-5-13(18)16-15-17-14-11-7-4-3-6-10(11)8-9-12(14)19-15/h3-4,6-9H,2,5H2,1H3,(H,16,17,18). The lowest BCUT2D eigenvalue weighted by molar-refractivity contribution is -0.116. The Morgan fingerprint density at radius 2 is 2.11 bits per heavy atom. The number of thiazole rings is 1. The van der Waals surface area contributed by atoms with Crippen molar-refractivity contribution < 1.29 is 4.79 Å². The largest absolute Gasteiger partial charge is 0.302 e. The van der Waals surface area contributed by atoms with E-state index in [-0.39, 0.29) is 5.91 Å². The van der Waals surface area contributed by atoms with E-state index in [2.05, 4.69) is 34.6 Å². The van der Waals surface area contributed by atoms with Crippen molar-refractivity contribution in [2.45, 2.75) is 19.8 Å². The fourth-order valence-electron chi connectivity index (χ4n) is 2.12. The van der Waals surface area contributed by atoms with Gasteiger partial charge in [0.2, 0.25) is 5.91 Å². The van der Waals surface area contributed by atoms with Gasteiger partial charge in [-0.1, -0.05) is 48.6 Å². The Morgan fingerprint density at radius 1 is 1.26 bits per heavy atom. The fraction of sp³-hybridized carbons (Fsp3) is 0.200. The van der Waals surface area contributed by atoms with E-state index in [9.17, 15) is 4.79 Å². The van der Waals surface area contributed by atoms with E-state index < -0.39 is 0 Å². The highest BCUT2D eigenvalue weighted by Crippen LogP contribution is 2.31. The van der Waals surface area contributed by atoms with Crippen LogP contribution < -0.4 is 5.32 Å². The predicted molar refractivity (Wildman–Crippen MR) is 80.7 cm³/mol. The summed E-state index contributed by atoms with van der Waals surface area (Å²) in [6.07, 6.45) is 1.39. The molecular formula is C15H14N2OS. The van der Waals surface area contributed by atoms with Gasteiger partial charge in [-0.25, -0.2) is 4.98 Å². The molecule has 1 N–H and O–H groups in total. The van der Waals surface area contributed by atoms with Gasteiger partial charge in [0.05, 0.1) is 10.2 Å². The smallest absolute Gasteiger partial charge is 0.226 e. The summed E-state index contributed by atoms with van der Waals surface area (Å²) >= 11 is 1.52. The van der Waals surface area contributed by atoms with Gasteiger partial charge in [0.25, 0.3) is 0 Å². The molecule has 0 aliphatic heterocycles. The number of hydrogen-bond acceptors (Lipinski definition) is 3. The maximum atomic E-state index is 11.6. The summed E-state index contributed by atoms with van der Waals surface area (Å²) in [5.74, 6) is 0.0332. The molecule has 0 atom stereocenters. The van der Waals surface area contributed by atoms with E-state index >= 15 is 0 Å². The molecule has 0 saturated heterocycles. The number of fused-ring (bicyclic) bond motifs is 3. The summed E-state index contributed by atoms with van der Waals surface area (Å²) in [5.41, 5.74) is 0.967. The van der Waals surface area contributed by atoms with Crippen molar-refractivity contribution in [1.29, 1.82) is 0 Å². The number of rotatable bonds is 3. The molecule has 96 valence electrons. The molecule has 3 nitrogen and oxygen atoms in total. The quantitative estimate of drug-likeness (QED) is 0.775. The first-order valence-electron chi connectivity index (χ1n) is 6.36. The number of nitrogens with zero attached hydrogens (tertiary/aromatic N) is 1. The first-order chi connectivity index (χ1) is 9.28. The van der Waals surface area contributed by atoms with Crippen molar-refractivity contribution in [3.8, 4) is 0 Å². The van der Waals surface area contributed by atoms with Gasteiger partial charge in [0.1, 0.15) is 0 Å². The summed E-state index contributed by atoms with van der Waals surface area (Å²) in [5, 5.41) is 5.86. The number of carbonyl (C=O) groups is 1. The lowest BCUT2D eigenvalue weighted by Crippen LogP contribution is -2.09. The monoisotopic (exact) mass is 270 g/mol. The normalized spacial score (nSPS) is 11.0. The summed E-state index contributed by atoms with van der Waals surface area (Å²) in [7, 11) is 0. The molecule has 1 amide bonds. The van der Waals surface area contributed by atoms with Crippen LogP contribution in [0.15, 0.2) is 36.4 Å². The third-order valence-electron chi connectivity index (χ3n) is 3.01. The van der Waals surface area contributed by atoms with Crippen molar-refractivity contribution in [3.05, 3.63) is 36.4 Å². The Bertz CT molecular complexity index is 748. The molecule has 0 spiro atoms. The molecule has 3 rings (SSSR count). The van der Waals surface area contributed by atoms with Crippen LogP contribution in [-0.4, -0.2) is 10.9 Å². The van der Waals surface area contributed by atoms with Crippen LogP contribution in [-0.2, 0) is 4.79 Å². The summed E-state index contributed by atoms with van der Waals surface area (Å²) in [6.45, 7) is 1.99. The molecule has 4 heteroatoms. The van der Waals surface area contributed by atoms with E-state index in [1.165, 1.54) is 16.7 Å². The lowest BCUT2D eigenvalue weighted by atomic mass is 10.1. The summed E-state index contributed by atoms with van der Waals surface area (Å²) in [4.78, 5) is 16.2. The zero-order chi connectivity index (χ0) is 13.2. The second-order valence-electron chi connectivity index (χ2n) is 4.45. The minimum absolute atomic E-state index is 0.0332. The van der Waals surface area contributed by atoms with Gasteiger partial charge in [0.15, 0.2) is 5.13 Å². The van der Waals surface area contributed by atoms with Crippen LogP contribution in [0.3, 0.4) is 0 Å². The number of hydrogen-bond donors (Lipinski definition) is 1. The SMILES string of the molecule is CCCC(=O)Nc1nc2c(ccc3ccccc32)s1. The molecule has 3 aromatic rings. The second kappa shape index (κ2) is 4.97. The van der Waals surface area contributed by atoms with Gasteiger partial charge in [0, 0.05) is 11.8 Å². The van der Waals surface area contributed by atoms with Crippen LogP contribution in [0.2, 0.25) is 0 Å². The molecule has 0 unspecified atom stereocenters. The Morgan fingerprint density at radius 3 is 2.95 bits per heavy atom. The molecular weight excluding hydrogens is 256 g/mol. The van der Waals surface area contributed by atoms with Crippen molar-refractivity contribution in [3.63, 3.8) is 0 Å². The molecule has 0 bridgehead atoms. The number of carbonyl (C=O) groups excluding carboxylic acids is 1. The number of nitrogens with one attached hydrogen (secondary N) is 1. The van der Waals surface area contributed by atoms with E-state index in [1.807, 2.05) is 19.1 Å². The minimum atomic E-state index is 0.0332. The van der Waals surface area contributed by atoms with Crippen LogP contribution in [0, 0.1) is 0 Å². The topological polar surface area (TPSA) is 42.0 Å². The van der Waals surface area contributed by atoms with Gasteiger partial charge in [-0.05, 0) is 17.9 Å². The lowest BCUT2D eigenvalue weighted by Gasteiger charge is -1.98. The van der Waals surface area contributed by atoms with E-state index in [0.717, 1.165) is 22.0 Å². The molecule has 0 aliphatic rings. The van der Waals surface area contributed by atoms with E-state index in [4.69, 9.17) is 0 Å². The molecule has 0 fully saturated rings. The number of benzene rings is 2. The minimum Gasteiger partial charge on any atom is -0.302 e. The number of aromatic nitrogens is 1. The van der Waals surface area contributed by atoms with Crippen molar-refractivity contribution >= 4 is 43.4 Å². The Labute approximate surface area is 115 Å². The molecule has 1 heterocycles. The van der Waals surface area contributed by atoms with Crippen molar-refractivity contribution in [2.24, 2.45) is 0 Å². The molecule has 0 aliphatic carbocycles. The average Bonchev–Trinajstić information content (AvgIpc) is 2.81. The molecule has 2 aromatic carbocycles. The first-order valence-corrected chi connectivity index (χ1v) is 7.17. The highest BCUT2D eigenvalue weighted by molar-refractivity contribution is 7.22. The molecule has 0 radical (unpaired) electrons. The molecule has 19 heavy (non-hydrogen) atoms. The van der Waals surface area contributed by atoms with Crippen LogP contribution in [0.4, 0.5) is 5.13 Å². The Hall–Kier alpha value is -1.94. The highest BCUT2D eigenvalue weighted by Gasteiger charge is 2.09.